The number of aromatic nitrogens is 3. The molecule has 0 radical (unpaired) electrons. The first-order valence-corrected chi connectivity index (χ1v) is 9.65. The van der Waals surface area contributed by atoms with Crippen LogP contribution < -0.4 is 4.90 Å². The molecule has 3 heterocycles. The molecule has 0 aliphatic carbocycles. The van der Waals surface area contributed by atoms with E-state index in [0.29, 0.717) is 10.7 Å². The Hall–Kier alpha value is -3.44. The van der Waals surface area contributed by atoms with Crippen molar-refractivity contribution in [1.82, 2.24) is 15.2 Å². The highest BCUT2D eigenvalue weighted by molar-refractivity contribution is 6.30. The van der Waals surface area contributed by atoms with Crippen LogP contribution in [0.25, 0.3) is 11.3 Å². The van der Waals surface area contributed by atoms with Gasteiger partial charge in [-0.2, -0.15) is 5.10 Å². The number of benzene rings is 2. The zero-order chi connectivity index (χ0) is 20.0. The van der Waals surface area contributed by atoms with Gasteiger partial charge in [0.15, 0.2) is 0 Å². The maximum atomic E-state index is 13.4. The van der Waals surface area contributed by atoms with Crippen LogP contribution in [0.4, 0.5) is 5.69 Å². The van der Waals surface area contributed by atoms with E-state index in [2.05, 4.69) is 15.2 Å². The lowest BCUT2D eigenvalue weighted by Crippen LogP contribution is -2.29. The first-order chi connectivity index (χ1) is 14.1. The largest absolute Gasteiger partial charge is 0.295 e. The smallest absolute Gasteiger partial charge is 0.277 e. The number of anilines is 1. The van der Waals surface area contributed by atoms with Gasteiger partial charge in [0.25, 0.3) is 5.91 Å². The Labute approximate surface area is 173 Å². The molecule has 1 N–H and O–H groups in total. The van der Waals surface area contributed by atoms with E-state index in [-0.39, 0.29) is 11.9 Å². The number of pyridine rings is 1. The zero-order valence-corrected chi connectivity index (χ0v) is 16.4. The van der Waals surface area contributed by atoms with Crippen LogP contribution in [0, 0.1) is 6.92 Å². The van der Waals surface area contributed by atoms with Crippen molar-refractivity contribution in [3.05, 3.63) is 100 Å². The molecule has 0 bridgehead atoms. The number of aryl methyl sites for hydroxylation is 1. The Balaban J connectivity index is 1.71. The monoisotopic (exact) mass is 400 g/mol. The van der Waals surface area contributed by atoms with Gasteiger partial charge in [-0.05, 0) is 42.8 Å². The quantitative estimate of drug-likeness (QED) is 0.515. The molecular weight excluding hydrogens is 384 g/mol. The third-order valence-corrected chi connectivity index (χ3v) is 5.45. The number of aromatic amines is 1. The van der Waals surface area contributed by atoms with Crippen LogP contribution in [0.3, 0.4) is 0 Å². The second-order valence-corrected chi connectivity index (χ2v) is 7.50. The van der Waals surface area contributed by atoms with Gasteiger partial charge < -0.3 is 0 Å². The Bertz CT molecular complexity index is 1180. The summed E-state index contributed by atoms with van der Waals surface area (Å²) in [5.41, 5.74) is 5.97. The van der Waals surface area contributed by atoms with Crippen molar-refractivity contribution in [3.63, 3.8) is 0 Å². The Morgan fingerprint density at radius 2 is 1.79 bits per heavy atom. The van der Waals surface area contributed by atoms with Crippen LogP contribution in [0.5, 0.6) is 0 Å². The van der Waals surface area contributed by atoms with Crippen LogP contribution >= 0.6 is 11.6 Å². The highest BCUT2D eigenvalue weighted by Gasteiger charge is 2.43. The fourth-order valence-electron chi connectivity index (χ4n) is 3.80. The van der Waals surface area contributed by atoms with Crippen molar-refractivity contribution in [3.8, 4) is 11.3 Å². The molecular formula is C23H17ClN4O. The second kappa shape index (κ2) is 6.87. The molecule has 142 valence electrons. The number of halogens is 1. The topological polar surface area (TPSA) is 61.9 Å². The average molecular weight is 401 g/mol. The Morgan fingerprint density at radius 3 is 2.48 bits per heavy atom. The summed E-state index contributed by atoms with van der Waals surface area (Å²) >= 11 is 6.06. The second-order valence-electron chi connectivity index (χ2n) is 7.07. The Kier molecular flexibility index (Phi) is 4.18. The summed E-state index contributed by atoms with van der Waals surface area (Å²) in [6.45, 7) is 2.04. The van der Waals surface area contributed by atoms with E-state index in [1.165, 1.54) is 5.56 Å². The molecule has 0 spiro atoms. The number of carbonyl (C=O) groups excluding carboxylic acids is 1. The van der Waals surface area contributed by atoms with Gasteiger partial charge in [-0.15, -0.1) is 0 Å². The predicted octanol–water partition coefficient (Wildman–Crippen LogP) is 5.18. The number of nitrogens with one attached hydrogen (secondary N) is 1. The lowest BCUT2D eigenvalue weighted by atomic mass is 9.96. The third-order valence-electron chi connectivity index (χ3n) is 5.20. The van der Waals surface area contributed by atoms with Crippen molar-refractivity contribution in [2.75, 3.05) is 4.90 Å². The minimum Gasteiger partial charge on any atom is -0.295 e. The molecule has 5 nitrogen and oxygen atoms in total. The SMILES string of the molecule is Cc1ccc(-c2n[nH]c3c2[C@H](c2cccnc2)N(c2ccc(Cl)cc2)C3=O)cc1. The molecule has 5 rings (SSSR count). The number of rotatable bonds is 3. The van der Waals surface area contributed by atoms with Gasteiger partial charge >= 0.3 is 0 Å². The van der Waals surface area contributed by atoms with Gasteiger partial charge in [0.05, 0.1) is 11.7 Å². The molecule has 0 fully saturated rings. The molecule has 0 saturated carbocycles. The molecule has 6 heteroatoms. The van der Waals surface area contributed by atoms with Crippen molar-refractivity contribution < 1.29 is 4.79 Å². The fourth-order valence-corrected chi connectivity index (χ4v) is 3.93. The first kappa shape index (κ1) is 17.6. The van der Waals surface area contributed by atoms with Crippen LogP contribution in [-0.2, 0) is 0 Å². The molecule has 4 aromatic rings. The van der Waals surface area contributed by atoms with Crippen LogP contribution in [-0.4, -0.2) is 21.1 Å². The standard InChI is InChI=1S/C23H17ClN4O/c1-14-4-6-15(7-5-14)20-19-21(27-26-20)23(29)28(18-10-8-17(24)9-11-18)22(19)16-3-2-12-25-13-16/h2-13,22H,1H3,(H,26,27)/t22-/m0/s1. The molecule has 2 aromatic heterocycles. The maximum absolute atomic E-state index is 13.4. The van der Waals surface area contributed by atoms with Crippen LogP contribution in [0.1, 0.15) is 33.2 Å². The summed E-state index contributed by atoms with van der Waals surface area (Å²) in [4.78, 5) is 19.4. The fraction of sp³-hybridized carbons (Fsp3) is 0.0870. The Morgan fingerprint density at radius 1 is 1.03 bits per heavy atom. The molecule has 0 saturated heterocycles. The van der Waals surface area contributed by atoms with Crippen LogP contribution in [0.2, 0.25) is 5.02 Å². The number of carbonyl (C=O) groups is 1. The maximum Gasteiger partial charge on any atom is 0.277 e. The first-order valence-electron chi connectivity index (χ1n) is 9.28. The van der Waals surface area contributed by atoms with Gasteiger partial charge in [0.1, 0.15) is 5.69 Å². The molecule has 1 aliphatic heterocycles. The summed E-state index contributed by atoms with van der Waals surface area (Å²) in [5, 5.41) is 8.09. The van der Waals surface area contributed by atoms with Crippen molar-refractivity contribution in [1.29, 1.82) is 0 Å². The lowest BCUT2D eigenvalue weighted by Gasteiger charge is -2.26. The normalized spacial score (nSPS) is 15.6. The highest BCUT2D eigenvalue weighted by Crippen LogP contribution is 2.44. The van der Waals surface area contributed by atoms with Gasteiger partial charge in [-0.3, -0.25) is 19.8 Å². The summed E-state index contributed by atoms with van der Waals surface area (Å²) in [6, 6.07) is 19.0. The minimum atomic E-state index is -0.331. The molecule has 1 aliphatic rings. The van der Waals surface area contributed by atoms with Gasteiger partial charge in [-0.25, -0.2) is 0 Å². The lowest BCUT2D eigenvalue weighted by molar-refractivity contribution is 0.0989. The van der Waals surface area contributed by atoms with E-state index >= 15 is 0 Å². The highest BCUT2D eigenvalue weighted by atomic mass is 35.5. The van der Waals surface area contributed by atoms with Crippen molar-refractivity contribution in [2.24, 2.45) is 0 Å². The molecule has 1 amide bonds. The molecule has 2 aromatic carbocycles. The van der Waals surface area contributed by atoms with Crippen molar-refractivity contribution in [2.45, 2.75) is 13.0 Å². The third kappa shape index (κ3) is 2.91. The molecule has 1 atom stereocenters. The van der Waals surface area contributed by atoms with Gasteiger partial charge in [-0.1, -0.05) is 47.5 Å². The van der Waals surface area contributed by atoms with E-state index in [0.717, 1.165) is 28.1 Å². The number of H-pyrrole nitrogens is 1. The average Bonchev–Trinajstić information content (AvgIpc) is 3.29. The minimum absolute atomic E-state index is 0.123. The number of fused-ring (bicyclic) bond motifs is 1. The zero-order valence-electron chi connectivity index (χ0n) is 15.6. The van der Waals surface area contributed by atoms with E-state index in [1.807, 2.05) is 55.5 Å². The number of amides is 1. The number of nitrogens with zero attached hydrogens (tertiary/aromatic N) is 3. The summed E-state index contributed by atoms with van der Waals surface area (Å²) in [7, 11) is 0. The number of hydrogen-bond acceptors (Lipinski definition) is 3. The molecule has 29 heavy (non-hydrogen) atoms. The predicted molar refractivity (Wildman–Crippen MR) is 113 cm³/mol. The van der Waals surface area contributed by atoms with E-state index in [9.17, 15) is 4.79 Å². The van der Waals surface area contributed by atoms with Gasteiger partial charge in [0, 0.05) is 34.2 Å². The van der Waals surface area contributed by atoms with Gasteiger partial charge in [0.2, 0.25) is 0 Å². The summed E-state index contributed by atoms with van der Waals surface area (Å²) < 4.78 is 0. The van der Waals surface area contributed by atoms with E-state index in [4.69, 9.17) is 11.6 Å². The van der Waals surface area contributed by atoms with Crippen LogP contribution in [0.15, 0.2) is 73.1 Å². The number of hydrogen-bond donors (Lipinski definition) is 1. The van der Waals surface area contributed by atoms with E-state index in [1.54, 1.807) is 29.4 Å². The summed E-state index contributed by atoms with van der Waals surface area (Å²) in [5.74, 6) is -0.123. The van der Waals surface area contributed by atoms with Crippen molar-refractivity contribution >= 4 is 23.2 Å². The van der Waals surface area contributed by atoms with E-state index < -0.39 is 0 Å². The summed E-state index contributed by atoms with van der Waals surface area (Å²) in [6.07, 6.45) is 3.52. The molecule has 0 unspecified atom stereocenters.